The molecule has 12 N–H and O–H groups in total. The summed E-state index contributed by atoms with van der Waals surface area (Å²) >= 11 is 0. The Kier molecular flexibility index (Phi) is 15.9. The molecule has 0 amide bonds. The van der Waals surface area contributed by atoms with Gasteiger partial charge in [0.25, 0.3) is 0 Å². The lowest BCUT2D eigenvalue weighted by molar-refractivity contribution is -0.843. The molecule has 2 saturated carbocycles. The Morgan fingerprint density at radius 3 is 2.54 bits per heavy atom. The average Bonchev–Trinajstić information content (AvgIpc) is 3.77. The highest BCUT2D eigenvalue weighted by atomic mass is 16.8. The van der Waals surface area contributed by atoms with Crippen molar-refractivity contribution < 1.29 is 79.0 Å². The number of hydrogen-bond donors (Lipinski definition) is 11. The first-order valence-electron chi connectivity index (χ1n) is 20.2. The molecule has 0 aromatic carbocycles. The lowest BCUT2D eigenvalue weighted by Crippen LogP contribution is -3.09. The van der Waals surface area contributed by atoms with Gasteiger partial charge < -0.3 is 80.5 Å². The molecule has 0 aromatic heterocycles. The maximum absolute atomic E-state index is 14.1. The molecule has 59 heavy (non-hydrogen) atoms. The number of esters is 1. The van der Waals surface area contributed by atoms with E-state index in [1.165, 1.54) is 12.3 Å². The van der Waals surface area contributed by atoms with Crippen LogP contribution in [0.1, 0.15) is 58.8 Å². The van der Waals surface area contributed by atoms with Gasteiger partial charge in [0.1, 0.15) is 43.2 Å². The SMILES string of the molecule is C=C[C@H]1[C@H](O[C@@H]2O[C@H](CO)[C@@H](O)C(O)(O)[C@H]2OC(C)C)OC=C(C(=O)O[C@@H]2CC[C@]3(CCC[C@@H]3O)C2)[C@H]1/C=C/C1=C(NC(N)=NCCCO)C(C(=O)O)=C[NH+](CCO)C1. The van der Waals surface area contributed by atoms with Gasteiger partial charge in [-0.05, 0) is 57.8 Å². The Morgan fingerprint density at radius 2 is 1.92 bits per heavy atom. The summed E-state index contributed by atoms with van der Waals surface area (Å²) < 4.78 is 29.8. The van der Waals surface area contributed by atoms with E-state index in [2.05, 4.69) is 16.9 Å². The summed E-state index contributed by atoms with van der Waals surface area (Å²) in [6.45, 7) is 6.55. The largest absolute Gasteiger partial charge is 0.477 e. The molecule has 0 aromatic rings. The van der Waals surface area contributed by atoms with Crippen LogP contribution in [0.5, 0.6) is 0 Å². The number of quaternary nitrogens is 1. The van der Waals surface area contributed by atoms with E-state index in [4.69, 9.17) is 29.4 Å². The van der Waals surface area contributed by atoms with Gasteiger partial charge >= 0.3 is 11.9 Å². The molecule has 19 nitrogen and oxygen atoms in total. The van der Waals surface area contributed by atoms with Crippen molar-refractivity contribution in [1.82, 2.24) is 5.32 Å². The second-order valence-electron chi connectivity index (χ2n) is 16.1. The van der Waals surface area contributed by atoms with E-state index in [0.29, 0.717) is 42.6 Å². The Bertz CT molecular complexity index is 1660. The van der Waals surface area contributed by atoms with Crippen LogP contribution in [0, 0.1) is 17.3 Å². The highest BCUT2D eigenvalue weighted by Gasteiger charge is 2.58. The number of carboxylic acids is 1. The third-order valence-corrected chi connectivity index (χ3v) is 11.7. The predicted molar refractivity (Wildman–Crippen MR) is 207 cm³/mol. The number of nitrogens with zero attached hydrogens (tertiary/aromatic N) is 1. The van der Waals surface area contributed by atoms with Crippen molar-refractivity contribution in [3.8, 4) is 0 Å². The number of rotatable bonds is 17. The van der Waals surface area contributed by atoms with E-state index in [1.54, 1.807) is 26.0 Å². The van der Waals surface area contributed by atoms with Gasteiger partial charge in [0.05, 0.1) is 48.9 Å². The zero-order valence-corrected chi connectivity index (χ0v) is 33.5. The Hall–Kier alpha value is -3.73. The topological polar surface area (TPSA) is 297 Å². The monoisotopic (exact) mass is 837 g/mol. The Balaban J connectivity index is 1.53. The van der Waals surface area contributed by atoms with Crippen LogP contribution in [-0.4, -0.2) is 153 Å². The van der Waals surface area contributed by atoms with E-state index in [1.807, 2.05) is 0 Å². The van der Waals surface area contributed by atoms with Gasteiger partial charge in [-0.3, -0.25) is 4.99 Å². The second kappa shape index (κ2) is 20.2. The minimum Gasteiger partial charge on any atom is -0.477 e. The lowest BCUT2D eigenvalue weighted by atomic mass is 9.82. The van der Waals surface area contributed by atoms with Crippen LogP contribution in [0.4, 0.5) is 0 Å². The summed E-state index contributed by atoms with van der Waals surface area (Å²) in [7, 11) is 0. The van der Waals surface area contributed by atoms with E-state index in [9.17, 15) is 50.4 Å². The van der Waals surface area contributed by atoms with E-state index in [0.717, 1.165) is 19.1 Å². The van der Waals surface area contributed by atoms with Gasteiger partial charge in [-0.1, -0.05) is 24.6 Å². The zero-order valence-electron chi connectivity index (χ0n) is 33.5. The first-order valence-corrected chi connectivity index (χ1v) is 20.2. The van der Waals surface area contributed by atoms with Gasteiger partial charge in [0, 0.05) is 24.6 Å². The Labute approximate surface area is 342 Å². The van der Waals surface area contributed by atoms with Gasteiger partial charge in [-0.2, -0.15) is 0 Å². The summed E-state index contributed by atoms with van der Waals surface area (Å²) in [6, 6.07) is 0. The summed E-state index contributed by atoms with van der Waals surface area (Å²) in [6.07, 6.45) is 2.06. The third-order valence-electron chi connectivity index (χ3n) is 11.7. The van der Waals surface area contributed by atoms with E-state index in [-0.39, 0.29) is 61.1 Å². The molecule has 1 saturated heterocycles. The van der Waals surface area contributed by atoms with Gasteiger partial charge in [0.15, 0.2) is 18.4 Å². The smallest absolute Gasteiger partial charge is 0.343 e. The minimum absolute atomic E-state index is 0.0466. The van der Waals surface area contributed by atoms with Crippen LogP contribution < -0.4 is 16.0 Å². The number of allylic oxidation sites excluding steroid dienone is 1. The minimum atomic E-state index is -2.94. The van der Waals surface area contributed by atoms with E-state index < -0.39 is 85.4 Å². The van der Waals surface area contributed by atoms with Crippen LogP contribution in [0.25, 0.3) is 0 Å². The molecule has 19 heteroatoms. The molecule has 2 aliphatic carbocycles. The molecule has 3 aliphatic heterocycles. The summed E-state index contributed by atoms with van der Waals surface area (Å²) in [4.78, 5) is 31.5. The molecule has 0 radical (unpaired) electrons. The van der Waals surface area contributed by atoms with Crippen molar-refractivity contribution in [2.45, 2.75) is 114 Å². The number of ether oxygens (including phenoxy) is 5. The van der Waals surface area contributed by atoms with Gasteiger partial charge in [0.2, 0.25) is 12.1 Å². The van der Waals surface area contributed by atoms with Crippen molar-refractivity contribution in [2.24, 2.45) is 28.0 Å². The number of aliphatic hydroxyl groups is 7. The number of guanidine groups is 1. The Morgan fingerprint density at radius 1 is 1.15 bits per heavy atom. The average molecular weight is 838 g/mol. The second-order valence-corrected chi connectivity index (χ2v) is 16.1. The van der Waals surface area contributed by atoms with Gasteiger partial charge in [-0.15, -0.1) is 6.58 Å². The van der Waals surface area contributed by atoms with Gasteiger partial charge in [-0.25, -0.2) is 9.59 Å². The number of aliphatic carboxylic acids is 1. The maximum atomic E-state index is 14.1. The van der Waals surface area contributed by atoms with Crippen LogP contribution in [-0.2, 0) is 33.3 Å². The summed E-state index contributed by atoms with van der Waals surface area (Å²) in [5.41, 5.74) is 6.24. The molecule has 1 unspecified atom stereocenters. The van der Waals surface area contributed by atoms with Crippen molar-refractivity contribution in [3.63, 3.8) is 0 Å². The first kappa shape index (κ1) is 46.3. The molecule has 330 valence electrons. The molecule has 5 rings (SSSR count). The number of nitrogens with two attached hydrogens (primary N) is 1. The molecule has 5 aliphatic rings. The molecule has 0 bridgehead atoms. The van der Waals surface area contributed by atoms with Crippen molar-refractivity contribution in [1.29, 1.82) is 0 Å². The molecule has 3 heterocycles. The fourth-order valence-corrected chi connectivity index (χ4v) is 8.61. The standard InChI is InChI=1S/C40H60N4O15/c1-4-25-26(9-8-23-18-44(14-16-46)19-27(34(50)51)31(23)43-38(41)42-13-6-15-45)28(35(52)57-24-10-12-39(17-24)11-5-7-30(39)48)21-55-36(25)59-37-33(56-22(2)3)40(53,54)32(49)29(20-47)58-37/h4,8-9,19,21-22,24-26,29-30,32-33,36-37,45-49,53-54H,1,5-7,10-18,20H2,2-3H3,(H,50,51)(H3,41,42,43)/p+1/b9-8+/t24-,25-,26+,29-,30+,32-,33+,36+,37+,39-/m1/s1. The van der Waals surface area contributed by atoms with Crippen LogP contribution in [0.15, 0.2) is 64.7 Å². The normalized spacial score (nSPS) is 34.8. The third kappa shape index (κ3) is 10.6. The van der Waals surface area contributed by atoms with Crippen molar-refractivity contribution in [2.75, 3.05) is 39.5 Å². The van der Waals surface area contributed by atoms with Crippen LogP contribution >= 0.6 is 0 Å². The fraction of sp³-hybridized carbons (Fsp3) is 0.675. The number of carbonyl (C=O) groups is 2. The van der Waals surface area contributed by atoms with Crippen LogP contribution in [0.3, 0.4) is 0 Å². The number of hydrogen-bond acceptors (Lipinski definition) is 15. The van der Waals surface area contributed by atoms with Crippen LogP contribution in [0.2, 0.25) is 0 Å². The number of aliphatic hydroxyl groups excluding tert-OH is 5. The summed E-state index contributed by atoms with van der Waals surface area (Å²) in [5, 5.41) is 85.4. The quantitative estimate of drug-likeness (QED) is 0.0185. The number of carboxylic acid groups (broad SMARTS) is 1. The number of nitrogens with one attached hydrogen (secondary N) is 2. The summed E-state index contributed by atoms with van der Waals surface area (Å²) in [5.74, 6) is -6.93. The van der Waals surface area contributed by atoms with Crippen molar-refractivity contribution >= 4 is 17.9 Å². The van der Waals surface area contributed by atoms with E-state index >= 15 is 0 Å². The highest BCUT2D eigenvalue weighted by Crippen LogP contribution is 2.51. The lowest BCUT2D eigenvalue weighted by Gasteiger charge is -2.48. The molecular weight excluding hydrogens is 776 g/mol. The molecule has 3 fully saturated rings. The maximum Gasteiger partial charge on any atom is 0.343 e. The first-order chi connectivity index (χ1) is 28.1. The number of carbonyl (C=O) groups excluding carboxylic acids is 1. The zero-order chi connectivity index (χ0) is 43.1. The molecular formula is C40H61N4O15+. The highest BCUT2D eigenvalue weighted by molar-refractivity contribution is 5.94. The molecule has 11 atom stereocenters. The van der Waals surface area contributed by atoms with Crippen molar-refractivity contribution in [3.05, 3.63) is 59.7 Å². The molecule has 1 spiro atoms. The fourth-order valence-electron chi connectivity index (χ4n) is 8.61. The number of aliphatic imine (C=N–C) groups is 1. The predicted octanol–water partition coefficient (Wildman–Crippen LogP) is -2.20.